The van der Waals surface area contributed by atoms with Gasteiger partial charge < -0.3 is 19.5 Å². The number of carbonyl (C=O) groups excluding carboxylic acids is 3. The molecular formula is C33H46N6O6. The molecule has 4 heterocycles. The summed E-state index contributed by atoms with van der Waals surface area (Å²) in [5.74, 6) is 0.610. The fraction of sp³-hybridized carbons (Fsp3) is 0.576. The van der Waals surface area contributed by atoms with E-state index in [1.807, 2.05) is 39.0 Å². The Morgan fingerprint density at radius 1 is 1.00 bits per heavy atom. The highest BCUT2D eigenvalue weighted by molar-refractivity contribution is 5.91. The van der Waals surface area contributed by atoms with Crippen molar-refractivity contribution >= 4 is 35.1 Å². The van der Waals surface area contributed by atoms with Crippen molar-refractivity contribution in [1.29, 1.82) is 0 Å². The predicted molar refractivity (Wildman–Crippen MR) is 171 cm³/mol. The van der Waals surface area contributed by atoms with Crippen molar-refractivity contribution in [2.45, 2.75) is 111 Å². The molecular weight excluding hydrogens is 576 g/mol. The smallest absolute Gasteiger partial charge is 0.414 e. The van der Waals surface area contributed by atoms with E-state index in [-0.39, 0.29) is 18.0 Å². The number of rotatable bonds is 14. The SMILES string of the molecule is CC(C)OC(=O)N1CCOc2ncc(-c3ccc4nc(NC(=O)CCCCCCCCCCC(=O)OC(C)(C)C)cn4n3)cc21. The summed E-state index contributed by atoms with van der Waals surface area (Å²) in [6, 6.07) is 5.44. The largest absolute Gasteiger partial charge is 0.474 e. The molecule has 0 aromatic carbocycles. The van der Waals surface area contributed by atoms with E-state index in [1.165, 1.54) is 4.90 Å². The number of pyridine rings is 1. The summed E-state index contributed by atoms with van der Waals surface area (Å²) in [7, 11) is 0. The number of aromatic nitrogens is 4. The molecule has 0 saturated heterocycles. The third-order valence-corrected chi connectivity index (χ3v) is 7.07. The lowest BCUT2D eigenvalue weighted by molar-refractivity contribution is -0.154. The van der Waals surface area contributed by atoms with E-state index in [9.17, 15) is 14.4 Å². The van der Waals surface area contributed by atoms with Crippen LogP contribution in [-0.4, -0.2) is 62.4 Å². The minimum Gasteiger partial charge on any atom is -0.474 e. The van der Waals surface area contributed by atoms with Gasteiger partial charge in [-0.3, -0.25) is 14.5 Å². The van der Waals surface area contributed by atoms with Crippen LogP contribution in [0.15, 0.2) is 30.6 Å². The molecule has 0 unspecified atom stereocenters. The molecule has 0 bridgehead atoms. The van der Waals surface area contributed by atoms with Gasteiger partial charge in [0.25, 0.3) is 0 Å². The molecule has 4 rings (SSSR count). The van der Waals surface area contributed by atoms with Gasteiger partial charge in [-0.05, 0) is 65.7 Å². The predicted octanol–water partition coefficient (Wildman–Crippen LogP) is 6.72. The summed E-state index contributed by atoms with van der Waals surface area (Å²) in [6.07, 6.45) is 11.7. The number of hydrogen-bond acceptors (Lipinski definition) is 9. The Balaban J connectivity index is 1.20. The lowest BCUT2D eigenvalue weighted by Crippen LogP contribution is -2.39. The average Bonchev–Trinajstić information content (AvgIpc) is 3.37. The zero-order valence-electron chi connectivity index (χ0n) is 27.1. The van der Waals surface area contributed by atoms with Crippen LogP contribution in [0.5, 0.6) is 5.88 Å². The molecule has 12 heteroatoms. The first-order valence-corrected chi connectivity index (χ1v) is 16.0. The fourth-order valence-corrected chi connectivity index (χ4v) is 5.00. The Bertz CT molecular complexity index is 1460. The van der Waals surface area contributed by atoms with Crippen LogP contribution in [0.25, 0.3) is 16.9 Å². The number of nitrogens with zero attached hydrogens (tertiary/aromatic N) is 5. The third-order valence-electron chi connectivity index (χ3n) is 7.07. The van der Waals surface area contributed by atoms with Gasteiger partial charge in [0.2, 0.25) is 11.8 Å². The Labute approximate surface area is 264 Å². The van der Waals surface area contributed by atoms with Gasteiger partial charge in [-0.2, -0.15) is 5.10 Å². The van der Waals surface area contributed by atoms with Gasteiger partial charge in [-0.15, -0.1) is 0 Å². The molecule has 12 nitrogen and oxygen atoms in total. The summed E-state index contributed by atoms with van der Waals surface area (Å²) in [4.78, 5) is 47.3. The lowest BCUT2D eigenvalue weighted by atomic mass is 10.1. The quantitative estimate of drug-likeness (QED) is 0.153. The fourth-order valence-electron chi connectivity index (χ4n) is 5.00. The highest BCUT2D eigenvalue weighted by Gasteiger charge is 2.27. The van der Waals surface area contributed by atoms with E-state index in [0.29, 0.717) is 60.3 Å². The van der Waals surface area contributed by atoms with Crippen molar-refractivity contribution in [3.8, 4) is 17.1 Å². The van der Waals surface area contributed by atoms with Crippen LogP contribution in [0.4, 0.5) is 16.3 Å². The molecule has 0 aliphatic carbocycles. The van der Waals surface area contributed by atoms with Crippen LogP contribution in [0.1, 0.15) is 98.8 Å². The minimum absolute atomic E-state index is 0.0759. The Morgan fingerprint density at radius 3 is 2.38 bits per heavy atom. The van der Waals surface area contributed by atoms with Crippen molar-refractivity contribution in [2.75, 3.05) is 23.4 Å². The molecule has 0 saturated carbocycles. The van der Waals surface area contributed by atoms with Crippen LogP contribution in [-0.2, 0) is 19.1 Å². The van der Waals surface area contributed by atoms with Crippen LogP contribution < -0.4 is 15.0 Å². The van der Waals surface area contributed by atoms with Gasteiger partial charge in [0.05, 0.1) is 24.5 Å². The summed E-state index contributed by atoms with van der Waals surface area (Å²) < 4.78 is 18.0. The number of hydrogen-bond donors (Lipinski definition) is 1. The number of fused-ring (bicyclic) bond motifs is 2. The molecule has 1 N–H and O–H groups in total. The second kappa shape index (κ2) is 15.7. The molecule has 0 radical (unpaired) electrons. The molecule has 0 fully saturated rings. The first-order valence-electron chi connectivity index (χ1n) is 16.0. The average molecular weight is 623 g/mol. The second-order valence-electron chi connectivity index (χ2n) is 12.6. The zero-order chi connectivity index (χ0) is 32.4. The maximum Gasteiger partial charge on any atom is 0.414 e. The van der Waals surface area contributed by atoms with Crippen molar-refractivity contribution in [3.05, 3.63) is 30.6 Å². The van der Waals surface area contributed by atoms with Crippen LogP contribution in [0.3, 0.4) is 0 Å². The maximum atomic E-state index is 12.6. The topological polar surface area (TPSA) is 137 Å². The number of ether oxygens (including phenoxy) is 3. The molecule has 0 spiro atoms. The molecule has 1 aliphatic heterocycles. The Kier molecular flexibility index (Phi) is 11.7. The number of amides is 2. The number of unbranched alkanes of at least 4 members (excludes halogenated alkanes) is 7. The number of imidazole rings is 1. The third kappa shape index (κ3) is 10.4. The van der Waals surface area contributed by atoms with Gasteiger partial charge in [-0.25, -0.2) is 19.3 Å². The minimum atomic E-state index is -0.448. The van der Waals surface area contributed by atoms with Crippen LogP contribution in [0, 0.1) is 0 Å². The number of anilines is 2. The van der Waals surface area contributed by atoms with E-state index >= 15 is 0 Å². The first-order chi connectivity index (χ1) is 21.5. The highest BCUT2D eigenvalue weighted by Crippen LogP contribution is 2.33. The van der Waals surface area contributed by atoms with Gasteiger partial charge >= 0.3 is 12.1 Å². The normalized spacial score (nSPS) is 13.0. The summed E-state index contributed by atoms with van der Waals surface area (Å²) in [5, 5.41) is 7.53. The van der Waals surface area contributed by atoms with Crippen molar-refractivity contribution < 1.29 is 28.6 Å². The highest BCUT2D eigenvalue weighted by atomic mass is 16.6. The number of esters is 1. The van der Waals surface area contributed by atoms with E-state index in [4.69, 9.17) is 14.2 Å². The molecule has 2 amide bonds. The molecule has 1 aliphatic rings. The number of nitrogens with one attached hydrogen (secondary N) is 1. The summed E-state index contributed by atoms with van der Waals surface area (Å²) in [5.41, 5.74) is 2.02. The molecule has 3 aromatic rings. The van der Waals surface area contributed by atoms with Gasteiger partial charge in [0.15, 0.2) is 11.5 Å². The standard InChI is InChI=1S/C33H46N6O6/c1-23(2)44-32(42)38-18-19-43-31-26(38)20-24(21-34-31)25-16-17-28-35-27(22-39(28)37-25)36-29(40)14-12-10-8-6-7-9-11-13-15-30(41)45-33(3,4)5/h16-17,20-23H,6-15,18-19H2,1-5H3,(H,36,40). The Hall–Kier alpha value is -4.22. The molecule has 45 heavy (non-hydrogen) atoms. The summed E-state index contributed by atoms with van der Waals surface area (Å²) in [6.45, 7) is 9.96. The van der Waals surface area contributed by atoms with Crippen LogP contribution >= 0.6 is 0 Å². The molecule has 3 aromatic heterocycles. The van der Waals surface area contributed by atoms with E-state index in [1.54, 1.807) is 30.8 Å². The summed E-state index contributed by atoms with van der Waals surface area (Å²) >= 11 is 0. The van der Waals surface area contributed by atoms with Gasteiger partial charge in [-0.1, -0.05) is 38.5 Å². The lowest BCUT2D eigenvalue weighted by Gasteiger charge is -2.28. The Morgan fingerprint density at radius 2 is 1.69 bits per heavy atom. The maximum absolute atomic E-state index is 12.6. The van der Waals surface area contributed by atoms with Gasteiger partial charge in [0.1, 0.15) is 17.9 Å². The van der Waals surface area contributed by atoms with Crippen molar-refractivity contribution in [3.63, 3.8) is 0 Å². The van der Waals surface area contributed by atoms with Gasteiger partial charge in [0, 0.05) is 24.6 Å². The second-order valence-corrected chi connectivity index (χ2v) is 12.6. The molecule has 244 valence electrons. The van der Waals surface area contributed by atoms with Crippen molar-refractivity contribution in [1.82, 2.24) is 19.6 Å². The van der Waals surface area contributed by atoms with E-state index < -0.39 is 11.7 Å². The van der Waals surface area contributed by atoms with Crippen molar-refractivity contribution in [2.24, 2.45) is 0 Å². The van der Waals surface area contributed by atoms with E-state index in [2.05, 4.69) is 20.4 Å². The molecule has 0 atom stereocenters. The van der Waals surface area contributed by atoms with E-state index in [0.717, 1.165) is 51.4 Å². The monoisotopic (exact) mass is 622 g/mol. The number of carbonyl (C=O) groups is 3. The zero-order valence-corrected chi connectivity index (χ0v) is 27.1. The van der Waals surface area contributed by atoms with Crippen LogP contribution in [0.2, 0.25) is 0 Å². The first kappa shape index (κ1) is 33.7.